The quantitative estimate of drug-likeness (QED) is 0.815. The molecule has 0 bridgehead atoms. The van der Waals surface area contributed by atoms with Crippen molar-refractivity contribution < 1.29 is 23.1 Å². The van der Waals surface area contributed by atoms with E-state index in [0.717, 1.165) is 0 Å². The molecule has 1 aromatic rings. The van der Waals surface area contributed by atoms with Crippen molar-refractivity contribution in [2.45, 2.75) is 24.7 Å². The number of aliphatic hydroxyl groups excluding tert-OH is 1. The van der Waals surface area contributed by atoms with Crippen molar-refractivity contribution in [3.63, 3.8) is 0 Å². The number of rotatable bonds is 5. The topological polar surface area (TPSA) is 49.3 Å². The van der Waals surface area contributed by atoms with E-state index in [2.05, 4.69) is 5.32 Å². The van der Waals surface area contributed by atoms with Gasteiger partial charge in [0, 0.05) is 0 Å². The first kappa shape index (κ1) is 15.8. The van der Waals surface area contributed by atoms with Crippen LogP contribution in [-0.2, 0) is 11.2 Å². The monoisotopic (exact) mass is 295 g/mol. The Balaban J connectivity index is 2.83. The molecule has 1 amide bonds. The molecule has 7 heteroatoms. The number of hydrogen-bond donors (Lipinski definition) is 2. The average Bonchev–Trinajstić information content (AvgIpc) is 2.37. The Bertz CT molecular complexity index is 411. The van der Waals surface area contributed by atoms with Crippen LogP contribution in [0.25, 0.3) is 0 Å². The Kier molecular flexibility index (Phi) is 5.62. The van der Waals surface area contributed by atoms with Gasteiger partial charge in [-0.3, -0.25) is 4.79 Å². The Hall–Kier alpha value is -1.27. The van der Waals surface area contributed by atoms with Crippen molar-refractivity contribution in [2.75, 3.05) is 5.88 Å². The Morgan fingerprint density at radius 1 is 1.32 bits per heavy atom. The van der Waals surface area contributed by atoms with Gasteiger partial charge in [-0.25, -0.2) is 0 Å². The Labute approximate surface area is 113 Å². The molecule has 0 spiro atoms. The summed E-state index contributed by atoms with van der Waals surface area (Å²) in [6.07, 6.45) is -7.58. The molecule has 3 nitrogen and oxygen atoms in total. The zero-order valence-corrected chi connectivity index (χ0v) is 10.6. The van der Waals surface area contributed by atoms with Crippen molar-refractivity contribution in [1.29, 1.82) is 0 Å². The lowest BCUT2D eigenvalue weighted by molar-refractivity contribution is -0.212. The molecule has 2 N–H and O–H groups in total. The summed E-state index contributed by atoms with van der Waals surface area (Å²) in [7, 11) is 0. The molecular weight excluding hydrogens is 283 g/mol. The van der Waals surface area contributed by atoms with Crippen LogP contribution in [0.15, 0.2) is 30.3 Å². The molecule has 0 aliphatic carbocycles. The second-order valence-electron chi connectivity index (χ2n) is 3.98. The van der Waals surface area contributed by atoms with Crippen LogP contribution in [0.2, 0.25) is 0 Å². The van der Waals surface area contributed by atoms with Crippen molar-refractivity contribution in [3.05, 3.63) is 35.9 Å². The highest BCUT2D eigenvalue weighted by atomic mass is 35.5. The van der Waals surface area contributed by atoms with Crippen molar-refractivity contribution in [3.8, 4) is 0 Å². The van der Waals surface area contributed by atoms with Gasteiger partial charge >= 0.3 is 6.18 Å². The highest BCUT2D eigenvalue weighted by Crippen LogP contribution is 2.24. The predicted octanol–water partition coefficient (Wildman–Crippen LogP) is 1.88. The van der Waals surface area contributed by atoms with E-state index >= 15 is 0 Å². The maximum Gasteiger partial charge on any atom is 0.416 e. The minimum atomic E-state index is -4.81. The molecule has 0 radical (unpaired) electrons. The second-order valence-corrected chi connectivity index (χ2v) is 4.25. The first-order valence-electron chi connectivity index (χ1n) is 5.48. The van der Waals surface area contributed by atoms with E-state index < -0.39 is 30.1 Å². The minimum absolute atomic E-state index is 0.135. The lowest BCUT2D eigenvalue weighted by Gasteiger charge is -2.25. The Morgan fingerprint density at radius 3 is 2.37 bits per heavy atom. The molecule has 0 saturated heterocycles. The molecular formula is C12H13ClF3NO2. The third kappa shape index (κ3) is 5.08. The lowest BCUT2D eigenvalue weighted by Crippen LogP contribution is -2.51. The summed E-state index contributed by atoms with van der Waals surface area (Å²) >= 11 is 5.24. The maximum atomic E-state index is 12.5. The number of alkyl halides is 4. The van der Waals surface area contributed by atoms with Crippen LogP contribution in [0.5, 0.6) is 0 Å². The fourth-order valence-electron chi connectivity index (χ4n) is 1.58. The first-order valence-corrected chi connectivity index (χ1v) is 6.02. The molecule has 2 atom stereocenters. The summed E-state index contributed by atoms with van der Waals surface area (Å²) in [6.45, 7) is 0. The summed E-state index contributed by atoms with van der Waals surface area (Å²) in [6, 6.07) is 6.81. The van der Waals surface area contributed by atoms with Crippen molar-refractivity contribution in [1.82, 2.24) is 5.32 Å². The number of amides is 1. The van der Waals surface area contributed by atoms with Gasteiger partial charge in [-0.1, -0.05) is 30.3 Å². The Morgan fingerprint density at radius 2 is 1.89 bits per heavy atom. The normalized spacial score (nSPS) is 14.8. The minimum Gasteiger partial charge on any atom is -0.382 e. The maximum absolute atomic E-state index is 12.5. The number of nitrogens with one attached hydrogen (secondary N) is 1. The molecule has 0 saturated carbocycles. The van der Waals surface area contributed by atoms with Crippen LogP contribution in [-0.4, -0.2) is 35.2 Å². The third-order valence-electron chi connectivity index (χ3n) is 2.48. The number of halogens is 4. The summed E-state index contributed by atoms with van der Waals surface area (Å²) in [5.41, 5.74) is 0.575. The van der Waals surface area contributed by atoms with Crippen LogP contribution < -0.4 is 5.32 Å². The number of carbonyl (C=O) groups is 1. The van der Waals surface area contributed by atoms with Crippen molar-refractivity contribution >= 4 is 17.5 Å². The first-order chi connectivity index (χ1) is 8.84. The second kappa shape index (κ2) is 6.77. The van der Waals surface area contributed by atoms with Crippen LogP contribution in [0.1, 0.15) is 5.56 Å². The molecule has 1 aromatic carbocycles. The zero-order valence-electron chi connectivity index (χ0n) is 9.82. The summed E-state index contributed by atoms with van der Waals surface area (Å²) in [5.74, 6) is -1.22. The van der Waals surface area contributed by atoms with Crippen LogP contribution in [0.3, 0.4) is 0 Å². The highest BCUT2D eigenvalue weighted by Gasteiger charge is 2.44. The van der Waals surface area contributed by atoms with E-state index in [4.69, 9.17) is 11.6 Å². The molecule has 0 fully saturated rings. The third-order valence-corrected chi connectivity index (χ3v) is 2.73. The van der Waals surface area contributed by atoms with Gasteiger partial charge in [0.05, 0.1) is 6.04 Å². The summed E-state index contributed by atoms with van der Waals surface area (Å²) in [4.78, 5) is 11.1. The largest absolute Gasteiger partial charge is 0.416 e. The molecule has 0 aromatic heterocycles. The predicted molar refractivity (Wildman–Crippen MR) is 64.9 cm³/mol. The number of benzene rings is 1. The van der Waals surface area contributed by atoms with E-state index in [-0.39, 0.29) is 6.42 Å². The SMILES string of the molecule is O=C(CCl)NC(Cc1ccccc1)C(O)C(F)(F)F. The van der Waals surface area contributed by atoms with Crippen LogP contribution in [0.4, 0.5) is 13.2 Å². The molecule has 106 valence electrons. The van der Waals surface area contributed by atoms with E-state index in [0.29, 0.717) is 5.56 Å². The standard InChI is InChI=1S/C12H13ClF3NO2/c13-7-10(18)17-9(11(19)12(14,15)16)6-8-4-2-1-3-5-8/h1-5,9,11,19H,6-7H2,(H,17,18). The average molecular weight is 296 g/mol. The fourth-order valence-corrected chi connectivity index (χ4v) is 1.66. The molecule has 1 rings (SSSR count). The van der Waals surface area contributed by atoms with Crippen LogP contribution >= 0.6 is 11.6 Å². The van der Waals surface area contributed by atoms with E-state index in [1.807, 2.05) is 0 Å². The van der Waals surface area contributed by atoms with Crippen LogP contribution in [0, 0.1) is 0 Å². The smallest absolute Gasteiger partial charge is 0.382 e. The number of hydrogen-bond acceptors (Lipinski definition) is 2. The van der Waals surface area contributed by atoms with Gasteiger partial charge in [-0.05, 0) is 12.0 Å². The lowest BCUT2D eigenvalue weighted by atomic mass is 10.0. The molecule has 19 heavy (non-hydrogen) atoms. The highest BCUT2D eigenvalue weighted by molar-refractivity contribution is 6.27. The van der Waals surface area contributed by atoms with E-state index in [1.165, 1.54) is 0 Å². The zero-order chi connectivity index (χ0) is 14.5. The fraction of sp³-hybridized carbons (Fsp3) is 0.417. The summed E-state index contributed by atoms with van der Waals surface area (Å²) in [5, 5.41) is 11.3. The van der Waals surface area contributed by atoms with Gasteiger partial charge in [0.2, 0.25) is 5.91 Å². The van der Waals surface area contributed by atoms with Gasteiger partial charge in [-0.15, -0.1) is 11.6 Å². The van der Waals surface area contributed by atoms with Gasteiger partial charge < -0.3 is 10.4 Å². The van der Waals surface area contributed by atoms with E-state index in [1.54, 1.807) is 30.3 Å². The van der Waals surface area contributed by atoms with Gasteiger partial charge in [0.1, 0.15) is 5.88 Å². The van der Waals surface area contributed by atoms with E-state index in [9.17, 15) is 23.1 Å². The van der Waals surface area contributed by atoms with Gasteiger partial charge in [0.15, 0.2) is 6.10 Å². The number of carbonyl (C=O) groups excluding carboxylic acids is 1. The molecule has 0 heterocycles. The number of aliphatic hydroxyl groups is 1. The molecule has 0 aliphatic heterocycles. The van der Waals surface area contributed by atoms with Gasteiger partial charge in [0.25, 0.3) is 0 Å². The molecule has 0 aliphatic rings. The van der Waals surface area contributed by atoms with Crippen molar-refractivity contribution in [2.24, 2.45) is 0 Å². The van der Waals surface area contributed by atoms with Gasteiger partial charge in [-0.2, -0.15) is 13.2 Å². The molecule has 2 unspecified atom stereocenters. The summed E-state index contributed by atoms with van der Waals surface area (Å²) < 4.78 is 37.6.